The van der Waals surface area contributed by atoms with E-state index in [1.807, 2.05) is 34.5 Å². The van der Waals surface area contributed by atoms with Crippen LogP contribution in [0.3, 0.4) is 0 Å². The van der Waals surface area contributed by atoms with Gasteiger partial charge >= 0.3 is 11.9 Å². The van der Waals surface area contributed by atoms with Gasteiger partial charge in [0.15, 0.2) is 3.61 Å². The molecular formula is C17H19IN4O4. The molecule has 0 saturated carbocycles. The number of ether oxygens (including phenoxy) is 2. The van der Waals surface area contributed by atoms with E-state index in [0.29, 0.717) is 18.4 Å². The number of methoxy groups -OCH3 is 1. The van der Waals surface area contributed by atoms with Crippen LogP contribution in [0.1, 0.15) is 29.6 Å². The van der Waals surface area contributed by atoms with Gasteiger partial charge in [0.05, 0.1) is 12.7 Å². The molecule has 0 radical (unpaired) electrons. The van der Waals surface area contributed by atoms with Gasteiger partial charge in [-0.2, -0.15) is 0 Å². The first-order valence-electron chi connectivity index (χ1n) is 8.23. The molecule has 26 heavy (non-hydrogen) atoms. The van der Waals surface area contributed by atoms with Gasteiger partial charge in [0, 0.05) is 23.4 Å². The molecule has 8 nitrogen and oxygen atoms in total. The Hall–Kier alpha value is -1.84. The van der Waals surface area contributed by atoms with Crippen LogP contribution in [-0.4, -0.2) is 52.2 Å². The van der Waals surface area contributed by atoms with E-state index in [1.165, 1.54) is 7.11 Å². The van der Waals surface area contributed by atoms with Crippen molar-refractivity contribution in [2.24, 2.45) is 5.11 Å². The van der Waals surface area contributed by atoms with E-state index in [0.717, 1.165) is 6.42 Å². The number of carbonyl (C=O) groups is 2. The molecule has 4 atom stereocenters. The molecule has 0 spiro atoms. The van der Waals surface area contributed by atoms with E-state index in [2.05, 4.69) is 10.0 Å². The molecule has 0 amide bonds. The SMILES string of the molecule is COC(=O)[C@]1(N=[N+]=[N-])[C@@H]2CC[C@H](C[C@@]1(I)OC(=O)c1ccccc1)N2C. The lowest BCUT2D eigenvalue weighted by atomic mass is 9.80. The highest BCUT2D eigenvalue weighted by Crippen LogP contribution is 2.54. The van der Waals surface area contributed by atoms with Crippen molar-refractivity contribution in [1.29, 1.82) is 0 Å². The number of piperidine rings is 1. The Labute approximate surface area is 164 Å². The predicted octanol–water partition coefficient (Wildman–Crippen LogP) is 3.06. The molecule has 3 rings (SSSR count). The fourth-order valence-corrected chi connectivity index (χ4v) is 5.46. The largest absolute Gasteiger partial charge is 0.468 e. The van der Waals surface area contributed by atoms with Gasteiger partial charge in [-0.25, -0.2) is 4.79 Å². The van der Waals surface area contributed by atoms with Crippen molar-refractivity contribution >= 4 is 34.5 Å². The van der Waals surface area contributed by atoms with Gasteiger partial charge in [-0.1, -0.05) is 23.3 Å². The number of azide groups is 1. The number of fused-ring (bicyclic) bond motifs is 2. The first kappa shape index (κ1) is 18.9. The highest BCUT2D eigenvalue weighted by molar-refractivity contribution is 14.1. The summed E-state index contributed by atoms with van der Waals surface area (Å²) in [4.78, 5) is 30.5. The lowest BCUT2D eigenvalue weighted by Gasteiger charge is -2.51. The van der Waals surface area contributed by atoms with E-state index in [-0.39, 0.29) is 6.04 Å². The number of benzene rings is 1. The summed E-state index contributed by atoms with van der Waals surface area (Å²) in [6.07, 6.45) is 1.85. The molecule has 2 aliphatic rings. The fraction of sp³-hybridized carbons (Fsp3) is 0.529. The molecule has 138 valence electrons. The number of esters is 2. The van der Waals surface area contributed by atoms with Gasteiger partial charge in [-0.3, -0.25) is 9.69 Å². The number of halogens is 1. The van der Waals surface area contributed by atoms with E-state index in [1.54, 1.807) is 30.3 Å². The third-order valence-corrected chi connectivity index (χ3v) is 6.84. The minimum absolute atomic E-state index is 0.132. The number of nitrogens with zero attached hydrogens (tertiary/aromatic N) is 4. The van der Waals surface area contributed by atoms with E-state index in [4.69, 9.17) is 9.47 Å². The normalized spacial score (nSPS) is 33.2. The second-order valence-corrected chi connectivity index (χ2v) is 8.29. The predicted molar refractivity (Wildman–Crippen MR) is 102 cm³/mol. The molecule has 1 aromatic carbocycles. The lowest BCUT2D eigenvalue weighted by Crippen LogP contribution is -2.70. The van der Waals surface area contributed by atoms with Gasteiger partial charge in [-0.15, -0.1) is 0 Å². The van der Waals surface area contributed by atoms with Crippen molar-refractivity contribution < 1.29 is 19.1 Å². The van der Waals surface area contributed by atoms with Crippen LogP contribution in [0.5, 0.6) is 0 Å². The standard InChI is InChI=1S/C17H19IN4O4/c1-22-12-8-9-13(22)17(20-21-19,15(24)25-2)16(18,10-12)26-14(23)11-6-4-3-5-7-11/h3-7,12-13H,8-10H2,1-2H3/t12-,13+,16-,17-/m1/s1. The highest BCUT2D eigenvalue weighted by atomic mass is 127. The summed E-state index contributed by atoms with van der Waals surface area (Å²) in [5.74, 6) is -1.26. The van der Waals surface area contributed by atoms with Gasteiger partial charge in [0.25, 0.3) is 0 Å². The maximum atomic E-state index is 12.8. The highest BCUT2D eigenvalue weighted by Gasteiger charge is 2.70. The second kappa shape index (κ2) is 7.05. The molecule has 1 aromatic rings. The molecule has 2 fully saturated rings. The van der Waals surface area contributed by atoms with Crippen LogP contribution in [0.15, 0.2) is 35.4 Å². The summed E-state index contributed by atoms with van der Waals surface area (Å²) in [7, 11) is 3.14. The smallest absolute Gasteiger partial charge is 0.339 e. The summed E-state index contributed by atoms with van der Waals surface area (Å²) < 4.78 is 9.50. The van der Waals surface area contributed by atoms with Crippen LogP contribution < -0.4 is 0 Å². The van der Waals surface area contributed by atoms with E-state index >= 15 is 0 Å². The Morgan fingerprint density at radius 1 is 1.35 bits per heavy atom. The van der Waals surface area contributed by atoms with Gasteiger partial charge in [-0.05, 0) is 60.1 Å². The van der Waals surface area contributed by atoms with Gasteiger partial charge < -0.3 is 9.47 Å². The molecule has 2 aliphatic heterocycles. The Kier molecular flexibility index (Phi) is 5.14. The Balaban J connectivity index is 2.08. The molecule has 0 aromatic heterocycles. The molecule has 2 heterocycles. The molecular weight excluding hydrogens is 451 g/mol. The summed E-state index contributed by atoms with van der Waals surface area (Å²) in [5.41, 5.74) is 7.93. The number of carbonyl (C=O) groups excluding carboxylic acids is 2. The van der Waals surface area contributed by atoms with Gasteiger partial charge in [0.2, 0.25) is 5.54 Å². The third kappa shape index (κ3) is 2.74. The number of hydrogen-bond acceptors (Lipinski definition) is 6. The Morgan fingerprint density at radius 3 is 2.65 bits per heavy atom. The quantitative estimate of drug-likeness (QED) is 0.168. The van der Waals surface area contributed by atoms with Crippen LogP contribution in [-0.2, 0) is 14.3 Å². The van der Waals surface area contributed by atoms with Crippen molar-refractivity contribution in [1.82, 2.24) is 4.90 Å². The fourth-order valence-electron chi connectivity index (χ4n) is 4.07. The van der Waals surface area contributed by atoms with Crippen LogP contribution >= 0.6 is 22.6 Å². The minimum Gasteiger partial charge on any atom is -0.468 e. The van der Waals surface area contributed by atoms with Crippen LogP contribution in [0.25, 0.3) is 10.4 Å². The van der Waals surface area contributed by atoms with Crippen LogP contribution in [0.2, 0.25) is 0 Å². The summed E-state index contributed by atoms with van der Waals surface area (Å²) in [6, 6.07) is 8.27. The third-order valence-electron chi connectivity index (χ3n) is 5.35. The van der Waals surface area contributed by atoms with Crippen LogP contribution in [0, 0.1) is 0 Å². The first-order chi connectivity index (χ1) is 12.4. The molecule has 0 N–H and O–H groups in total. The van der Waals surface area contributed by atoms with Crippen LogP contribution in [0.4, 0.5) is 0 Å². The van der Waals surface area contributed by atoms with Crippen molar-refractivity contribution in [2.75, 3.05) is 14.2 Å². The second-order valence-electron chi connectivity index (χ2n) is 6.55. The molecule has 2 saturated heterocycles. The summed E-state index contributed by atoms with van der Waals surface area (Å²) >= 11 is 1.95. The number of rotatable bonds is 4. The summed E-state index contributed by atoms with van der Waals surface area (Å²) in [6.45, 7) is 0. The van der Waals surface area contributed by atoms with Gasteiger partial charge in [0.1, 0.15) is 0 Å². The summed E-state index contributed by atoms with van der Waals surface area (Å²) in [5, 5.41) is 3.89. The number of likely N-dealkylation sites (N-methyl/N-ethyl adjacent to an activating group) is 1. The van der Waals surface area contributed by atoms with E-state index < -0.39 is 27.1 Å². The maximum Gasteiger partial charge on any atom is 0.339 e. The molecule has 2 bridgehead atoms. The average Bonchev–Trinajstić information content (AvgIpc) is 2.93. The van der Waals surface area contributed by atoms with Crippen molar-refractivity contribution in [3.63, 3.8) is 0 Å². The van der Waals surface area contributed by atoms with E-state index in [9.17, 15) is 15.1 Å². The zero-order valence-electron chi connectivity index (χ0n) is 14.5. The van der Waals surface area contributed by atoms with Crippen molar-refractivity contribution in [3.05, 3.63) is 46.3 Å². The van der Waals surface area contributed by atoms with Crippen molar-refractivity contribution in [3.8, 4) is 0 Å². The average molecular weight is 470 g/mol. The maximum absolute atomic E-state index is 12.8. The van der Waals surface area contributed by atoms with Crippen molar-refractivity contribution in [2.45, 2.75) is 40.5 Å². The first-order valence-corrected chi connectivity index (χ1v) is 9.31. The zero-order valence-corrected chi connectivity index (χ0v) is 16.6. The molecule has 0 unspecified atom stereocenters. The monoisotopic (exact) mass is 470 g/mol. The molecule has 0 aliphatic carbocycles. The molecule has 9 heteroatoms. The minimum atomic E-state index is -1.65. The Bertz CT molecular complexity index is 769. The topological polar surface area (TPSA) is 105 Å². The Morgan fingerprint density at radius 2 is 2.04 bits per heavy atom. The number of alkyl halides is 1. The number of hydrogen-bond donors (Lipinski definition) is 0. The lowest BCUT2D eigenvalue weighted by molar-refractivity contribution is -0.161. The zero-order chi connectivity index (χ0) is 18.9.